The number of hydrogen-bond donors (Lipinski definition) is 3. The zero-order valence-electron chi connectivity index (χ0n) is 11.5. The molecule has 0 saturated carbocycles. The molecule has 0 unspecified atom stereocenters. The maximum Gasteiger partial charge on any atom is 0.304 e. The Labute approximate surface area is 119 Å². The van der Waals surface area contributed by atoms with Crippen molar-refractivity contribution in [1.29, 1.82) is 0 Å². The monoisotopic (exact) mass is 294 g/mol. The molecule has 0 aromatic heterocycles. The van der Waals surface area contributed by atoms with E-state index in [2.05, 4.69) is 12.6 Å². The molecule has 0 heterocycles. The Balaban J connectivity index is 0. The molecule has 0 aliphatic heterocycles. The number of aliphatic carboxylic acids is 2. The van der Waals surface area contributed by atoms with E-state index in [4.69, 9.17) is 22.4 Å². The lowest BCUT2D eigenvalue weighted by Crippen LogP contribution is -2.23. The molecule has 106 valence electrons. The van der Waals surface area contributed by atoms with Crippen molar-refractivity contribution in [2.45, 2.75) is 52.2 Å². The second kappa shape index (κ2) is 7.74. The van der Waals surface area contributed by atoms with Crippen molar-refractivity contribution < 1.29 is 19.8 Å². The van der Waals surface area contributed by atoms with Gasteiger partial charge in [0.25, 0.3) is 0 Å². The van der Waals surface area contributed by atoms with Crippen LogP contribution in [0.2, 0.25) is 0 Å². The summed E-state index contributed by atoms with van der Waals surface area (Å²) in [5.41, 5.74) is -0.346. The SMILES string of the molecule is CC(=S)C(C)(C)CC(=O)O.CC(C)(S)CC(=O)O. The number of thiocarbonyl (C=S) groups is 1. The minimum Gasteiger partial charge on any atom is -0.481 e. The first-order chi connectivity index (χ1) is 7.78. The van der Waals surface area contributed by atoms with Gasteiger partial charge in [0.1, 0.15) is 0 Å². The van der Waals surface area contributed by atoms with E-state index in [0.29, 0.717) is 0 Å². The third kappa shape index (κ3) is 13.4. The summed E-state index contributed by atoms with van der Waals surface area (Å²) in [6, 6.07) is 0. The lowest BCUT2D eigenvalue weighted by atomic mass is 9.86. The Morgan fingerprint density at radius 2 is 1.39 bits per heavy atom. The summed E-state index contributed by atoms with van der Waals surface area (Å²) in [7, 11) is 0. The van der Waals surface area contributed by atoms with E-state index in [0.717, 1.165) is 4.86 Å². The highest BCUT2D eigenvalue weighted by Gasteiger charge is 2.23. The van der Waals surface area contributed by atoms with E-state index >= 15 is 0 Å². The summed E-state index contributed by atoms with van der Waals surface area (Å²) in [6.07, 6.45) is 0.221. The quantitative estimate of drug-likeness (QED) is 0.537. The zero-order valence-corrected chi connectivity index (χ0v) is 13.2. The van der Waals surface area contributed by atoms with Gasteiger partial charge in [-0.15, -0.1) is 0 Å². The predicted molar refractivity (Wildman–Crippen MR) is 79.6 cm³/mol. The van der Waals surface area contributed by atoms with Crippen molar-refractivity contribution in [1.82, 2.24) is 0 Å². The molecule has 2 N–H and O–H groups in total. The minimum absolute atomic E-state index is 0.107. The van der Waals surface area contributed by atoms with Gasteiger partial charge >= 0.3 is 11.9 Å². The van der Waals surface area contributed by atoms with Gasteiger partial charge in [0.15, 0.2) is 0 Å². The van der Waals surface area contributed by atoms with Gasteiger partial charge < -0.3 is 10.2 Å². The molecule has 0 amide bonds. The van der Waals surface area contributed by atoms with Crippen molar-refractivity contribution in [3.05, 3.63) is 0 Å². The predicted octanol–water partition coefficient (Wildman–Crippen LogP) is 3.05. The van der Waals surface area contributed by atoms with E-state index in [-0.39, 0.29) is 23.0 Å². The highest BCUT2D eigenvalue weighted by Crippen LogP contribution is 2.22. The highest BCUT2D eigenvalue weighted by atomic mass is 32.1. The van der Waals surface area contributed by atoms with Gasteiger partial charge in [-0.2, -0.15) is 12.6 Å². The van der Waals surface area contributed by atoms with E-state index in [1.807, 2.05) is 13.8 Å². The molecule has 18 heavy (non-hydrogen) atoms. The normalized spacial score (nSPS) is 11.2. The molecule has 0 fully saturated rings. The van der Waals surface area contributed by atoms with Crippen LogP contribution in [0.1, 0.15) is 47.5 Å². The Morgan fingerprint density at radius 1 is 1.06 bits per heavy atom. The first kappa shape index (κ1) is 19.7. The van der Waals surface area contributed by atoms with Crippen LogP contribution in [0.15, 0.2) is 0 Å². The summed E-state index contributed by atoms with van der Waals surface area (Å²) >= 11 is 8.90. The van der Waals surface area contributed by atoms with Gasteiger partial charge in [0, 0.05) is 10.2 Å². The molecule has 0 spiro atoms. The summed E-state index contributed by atoms with van der Waals surface area (Å²) in [5, 5.41) is 16.6. The van der Waals surface area contributed by atoms with Gasteiger partial charge in [0.05, 0.1) is 12.8 Å². The van der Waals surface area contributed by atoms with Gasteiger partial charge in [-0.05, 0) is 11.8 Å². The van der Waals surface area contributed by atoms with Crippen LogP contribution in [0.3, 0.4) is 0 Å². The van der Waals surface area contributed by atoms with Crippen molar-refractivity contribution in [3.8, 4) is 0 Å². The fourth-order valence-corrected chi connectivity index (χ4v) is 1.08. The van der Waals surface area contributed by atoms with E-state index in [1.165, 1.54) is 0 Å². The summed E-state index contributed by atoms with van der Waals surface area (Å²) < 4.78 is -0.383. The van der Waals surface area contributed by atoms with Crippen molar-refractivity contribution >= 4 is 41.6 Å². The van der Waals surface area contributed by atoms with Gasteiger partial charge in [-0.3, -0.25) is 9.59 Å². The molecule has 0 aliphatic carbocycles. The molecular weight excluding hydrogens is 272 g/mol. The zero-order chi connectivity index (χ0) is 15.1. The summed E-state index contributed by atoms with van der Waals surface area (Å²) in [4.78, 5) is 21.0. The number of thiol groups is 1. The van der Waals surface area contributed by atoms with Crippen molar-refractivity contribution in [2.24, 2.45) is 5.41 Å². The second-order valence-corrected chi connectivity index (χ2v) is 7.22. The van der Waals surface area contributed by atoms with Crippen LogP contribution < -0.4 is 0 Å². The average molecular weight is 294 g/mol. The number of rotatable bonds is 5. The van der Waals surface area contributed by atoms with Crippen molar-refractivity contribution in [2.75, 3.05) is 0 Å². The fraction of sp³-hybridized carbons (Fsp3) is 0.750. The Hall–Kier alpha value is -0.620. The smallest absolute Gasteiger partial charge is 0.304 e. The van der Waals surface area contributed by atoms with Crippen molar-refractivity contribution in [3.63, 3.8) is 0 Å². The molecule has 0 bridgehead atoms. The number of hydrogen-bond acceptors (Lipinski definition) is 4. The molecule has 0 rings (SSSR count). The largest absolute Gasteiger partial charge is 0.481 e. The molecule has 4 nitrogen and oxygen atoms in total. The molecule has 0 aliphatic rings. The average Bonchev–Trinajstić information content (AvgIpc) is 1.96. The van der Waals surface area contributed by atoms with E-state index in [1.54, 1.807) is 20.8 Å². The van der Waals surface area contributed by atoms with Crippen LogP contribution in [-0.4, -0.2) is 31.8 Å². The molecule has 0 saturated heterocycles. The maximum atomic E-state index is 10.3. The van der Waals surface area contributed by atoms with E-state index < -0.39 is 11.9 Å². The van der Waals surface area contributed by atoms with Crippen LogP contribution in [0, 0.1) is 5.41 Å². The Kier molecular flexibility index (Phi) is 8.47. The summed E-state index contributed by atoms with van der Waals surface area (Å²) in [5.74, 6) is -1.60. The topological polar surface area (TPSA) is 74.6 Å². The highest BCUT2D eigenvalue weighted by molar-refractivity contribution is 7.81. The Morgan fingerprint density at radius 3 is 1.44 bits per heavy atom. The van der Waals surface area contributed by atoms with Crippen LogP contribution in [0.25, 0.3) is 0 Å². The molecule has 0 aromatic carbocycles. The lowest BCUT2D eigenvalue weighted by molar-refractivity contribution is -0.139. The molecule has 0 aromatic rings. The molecule has 0 atom stereocenters. The second-order valence-electron chi connectivity index (χ2n) is 5.39. The number of carboxylic acid groups (broad SMARTS) is 2. The third-order valence-electron chi connectivity index (χ3n) is 2.13. The van der Waals surface area contributed by atoms with Gasteiger partial charge in [-0.1, -0.05) is 39.9 Å². The molecular formula is C12H22O4S2. The maximum absolute atomic E-state index is 10.3. The summed E-state index contributed by atoms with van der Waals surface area (Å²) in [6.45, 7) is 8.99. The number of carbonyl (C=O) groups is 2. The third-order valence-corrected chi connectivity index (χ3v) is 2.84. The van der Waals surface area contributed by atoms with Crippen LogP contribution >= 0.6 is 24.8 Å². The minimum atomic E-state index is -0.801. The van der Waals surface area contributed by atoms with Gasteiger partial charge in [0.2, 0.25) is 0 Å². The van der Waals surface area contributed by atoms with E-state index in [9.17, 15) is 9.59 Å². The number of carboxylic acids is 2. The lowest BCUT2D eigenvalue weighted by Gasteiger charge is -2.20. The Bertz CT molecular complexity index is 317. The molecule has 0 radical (unpaired) electrons. The van der Waals surface area contributed by atoms with Crippen LogP contribution in [0.4, 0.5) is 0 Å². The van der Waals surface area contributed by atoms with Crippen LogP contribution in [-0.2, 0) is 9.59 Å². The van der Waals surface area contributed by atoms with Crippen LogP contribution in [0.5, 0.6) is 0 Å². The first-order valence-corrected chi connectivity index (χ1v) is 6.30. The standard InChI is InChI=1S/C7H12O2S.C5H10O2S/c1-5(10)7(2,3)4-6(8)9;1-5(2,8)3-4(6)7/h4H2,1-3H3,(H,8,9);8H,3H2,1-2H3,(H,6,7). The fourth-order valence-electron chi connectivity index (χ4n) is 0.873. The first-order valence-electron chi connectivity index (χ1n) is 5.45. The van der Waals surface area contributed by atoms with Gasteiger partial charge in [-0.25, -0.2) is 0 Å². The molecule has 6 heteroatoms.